The second-order valence-corrected chi connectivity index (χ2v) is 9.87. The predicted molar refractivity (Wildman–Crippen MR) is 125 cm³/mol. The van der Waals surface area contributed by atoms with Gasteiger partial charge < -0.3 is 9.84 Å². The molecule has 2 heterocycles. The number of aryl methyl sites for hydroxylation is 1. The molecule has 2 aliphatic heterocycles. The smallest absolute Gasteiger partial charge is 0.407 e. The van der Waals surface area contributed by atoms with Crippen LogP contribution in [0.3, 0.4) is 0 Å². The molecule has 1 aromatic rings. The highest BCUT2D eigenvalue weighted by Gasteiger charge is 2.54. The zero-order valence-electron chi connectivity index (χ0n) is 18.9. The van der Waals surface area contributed by atoms with Crippen molar-refractivity contribution in [2.45, 2.75) is 64.1 Å². The molecule has 32 heavy (non-hydrogen) atoms. The number of carboxylic acid groups (broad SMARTS) is 1. The lowest BCUT2D eigenvalue weighted by Crippen LogP contribution is -2.57. The van der Waals surface area contributed by atoms with Gasteiger partial charge in [0.2, 0.25) is 0 Å². The van der Waals surface area contributed by atoms with Gasteiger partial charge in [-0.25, -0.2) is 4.79 Å². The third kappa shape index (κ3) is 5.64. The van der Waals surface area contributed by atoms with Crippen molar-refractivity contribution in [1.82, 2.24) is 10.2 Å². The van der Waals surface area contributed by atoms with Crippen molar-refractivity contribution < 1.29 is 24.2 Å². The number of likely N-dealkylation sites (tertiary alicyclic amines) is 1. The number of benzene rings is 1. The first kappa shape index (κ1) is 24.6. The molecule has 0 aliphatic carbocycles. The number of ketones is 1. The van der Waals surface area contributed by atoms with E-state index in [1.165, 1.54) is 4.90 Å². The van der Waals surface area contributed by atoms with Crippen LogP contribution in [-0.2, 0) is 20.7 Å². The normalized spacial score (nSPS) is 24.8. The van der Waals surface area contributed by atoms with Gasteiger partial charge in [-0.1, -0.05) is 30.3 Å². The van der Waals surface area contributed by atoms with Crippen LogP contribution in [0.1, 0.15) is 45.1 Å². The molecule has 2 N–H and O–H groups in total. The average Bonchev–Trinajstić information content (AvgIpc) is 3.15. The number of ether oxygens (including phenoxy) is 1. The van der Waals surface area contributed by atoms with E-state index in [0.29, 0.717) is 25.8 Å². The van der Waals surface area contributed by atoms with Gasteiger partial charge in [0, 0.05) is 17.7 Å². The lowest BCUT2D eigenvalue weighted by Gasteiger charge is -2.40. The van der Waals surface area contributed by atoms with E-state index in [1.807, 2.05) is 30.3 Å². The highest BCUT2D eigenvalue weighted by Crippen LogP contribution is 2.47. The number of hydrogen-bond donors (Lipinski definition) is 2. The van der Waals surface area contributed by atoms with Crippen molar-refractivity contribution >= 4 is 29.6 Å². The summed E-state index contributed by atoms with van der Waals surface area (Å²) in [6.45, 7) is 4.14. The molecule has 3 rings (SSSR count). The van der Waals surface area contributed by atoms with Crippen LogP contribution < -0.4 is 5.32 Å². The first-order valence-corrected chi connectivity index (χ1v) is 12.6. The Morgan fingerprint density at radius 1 is 1.28 bits per heavy atom. The molecule has 0 aromatic heterocycles. The van der Waals surface area contributed by atoms with E-state index in [2.05, 4.69) is 5.32 Å². The van der Waals surface area contributed by atoms with E-state index >= 15 is 0 Å². The number of esters is 1. The third-order valence-electron chi connectivity index (χ3n) is 6.62. The number of amides is 1. The van der Waals surface area contributed by atoms with Crippen LogP contribution in [0.5, 0.6) is 0 Å². The summed E-state index contributed by atoms with van der Waals surface area (Å²) in [6, 6.07) is 7.90. The molecule has 0 bridgehead atoms. The van der Waals surface area contributed by atoms with E-state index in [9.17, 15) is 19.5 Å². The summed E-state index contributed by atoms with van der Waals surface area (Å²) in [4.78, 5) is 39.4. The number of nitrogens with zero attached hydrogens (tertiary/aromatic N) is 1. The number of thioether (sulfide) groups is 1. The number of nitrogens with one attached hydrogen (secondary N) is 1. The van der Waals surface area contributed by atoms with Gasteiger partial charge in [0.05, 0.1) is 12.6 Å². The van der Waals surface area contributed by atoms with Crippen LogP contribution in [0, 0.1) is 5.41 Å². The van der Waals surface area contributed by atoms with Gasteiger partial charge in [-0.2, -0.15) is 11.8 Å². The Hall–Kier alpha value is -2.06. The molecule has 0 saturated carbocycles. The molecule has 1 spiro atoms. The quantitative estimate of drug-likeness (QED) is 0.543. The average molecular weight is 463 g/mol. The van der Waals surface area contributed by atoms with Crippen molar-refractivity contribution in [1.29, 1.82) is 0 Å². The second-order valence-electron chi connectivity index (χ2n) is 8.77. The fourth-order valence-electron chi connectivity index (χ4n) is 4.98. The Labute approximate surface area is 194 Å². The van der Waals surface area contributed by atoms with Crippen LogP contribution in [0.25, 0.3) is 0 Å². The van der Waals surface area contributed by atoms with Crippen LogP contribution >= 0.6 is 11.8 Å². The Morgan fingerprint density at radius 2 is 2.03 bits per heavy atom. The number of carbonyl (C=O) groups is 3. The van der Waals surface area contributed by atoms with Gasteiger partial charge in [-0.3, -0.25) is 19.8 Å². The lowest BCUT2D eigenvalue weighted by atomic mass is 9.75. The first-order valence-electron chi connectivity index (χ1n) is 11.5. The maximum Gasteiger partial charge on any atom is 0.407 e. The minimum absolute atomic E-state index is 0.151. The summed E-state index contributed by atoms with van der Waals surface area (Å²) >= 11 is 1.80. The van der Waals surface area contributed by atoms with E-state index in [-0.39, 0.29) is 23.8 Å². The number of hydrogen-bond acceptors (Lipinski definition) is 6. The molecule has 2 saturated heterocycles. The molecule has 2 aliphatic rings. The van der Waals surface area contributed by atoms with Gasteiger partial charge in [0.25, 0.3) is 0 Å². The van der Waals surface area contributed by atoms with E-state index in [4.69, 9.17) is 4.74 Å². The molecule has 1 amide bonds. The van der Waals surface area contributed by atoms with Gasteiger partial charge in [0.15, 0.2) is 5.78 Å². The van der Waals surface area contributed by atoms with E-state index in [1.54, 1.807) is 25.6 Å². The predicted octanol–water partition coefficient (Wildman–Crippen LogP) is 3.36. The van der Waals surface area contributed by atoms with Crippen LogP contribution in [0.2, 0.25) is 0 Å². The summed E-state index contributed by atoms with van der Waals surface area (Å²) in [5.74, 6) is 1.32. The maximum absolute atomic E-state index is 13.6. The Kier molecular flexibility index (Phi) is 8.59. The minimum atomic E-state index is -1.05. The summed E-state index contributed by atoms with van der Waals surface area (Å²) in [6.07, 6.45) is 2.69. The molecular weight excluding hydrogens is 428 g/mol. The fraction of sp³-hybridized carbons (Fsp3) is 0.625. The number of Topliss-reactive ketones (excluding diaryl/α,β-unsaturated/α-hetero) is 1. The van der Waals surface area contributed by atoms with Crippen molar-refractivity contribution in [2.24, 2.45) is 5.41 Å². The summed E-state index contributed by atoms with van der Waals surface area (Å²) in [7, 11) is 0. The molecule has 4 atom stereocenters. The highest BCUT2D eigenvalue weighted by atomic mass is 32.2. The topological polar surface area (TPSA) is 95.9 Å². The molecule has 2 fully saturated rings. The van der Waals surface area contributed by atoms with Crippen molar-refractivity contribution in [2.75, 3.05) is 24.7 Å². The minimum Gasteiger partial charge on any atom is -0.465 e. The lowest BCUT2D eigenvalue weighted by molar-refractivity contribution is -0.146. The summed E-state index contributed by atoms with van der Waals surface area (Å²) in [5, 5.41) is 12.9. The SMILES string of the molecule is CCOC(=O)[C@H](CCc1ccccc1)N[C@@H](C)C(=O)C1N(C(=O)O)CCC12CCCSC2. The van der Waals surface area contributed by atoms with E-state index in [0.717, 1.165) is 29.9 Å². The van der Waals surface area contributed by atoms with Crippen molar-refractivity contribution in [3.63, 3.8) is 0 Å². The molecule has 7 nitrogen and oxygen atoms in total. The van der Waals surface area contributed by atoms with Crippen molar-refractivity contribution in [3.8, 4) is 0 Å². The standard InChI is InChI=1S/C24H34N2O5S/c1-3-31-22(28)19(11-10-18-8-5-4-6-9-18)25-17(2)20(27)21-24(12-7-15-32-16-24)13-14-26(21)23(29)30/h4-6,8-9,17,19,21,25H,3,7,10-16H2,1-2H3,(H,29,30)/t17-,19-,21?,24?/m0/s1. The highest BCUT2D eigenvalue weighted by molar-refractivity contribution is 7.99. The fourth-order valence-corrected chi connectivity index (χ4v) is 6.32. The summed E-state index contributed by atoms with van der Waals surface area (Å²) in [5.41, 5.74) is 0.797. The molecule has 1 aromatic carbocycles. The monoisotopic (exact) mass is 462 g/mol. The first-order chi connectivity index (χ1) is 15.4. The summed E-state index contributed by atoms with van der Waals surface area (Å²) < 4.78 is 5.25. The molecule has 0 radical (unpaired) electrons. The number of rotatable bonds is 9. The Bertz CT molecular complexity index is 797. The van der Waals surface area contributed by atoms with Gasteiger partial charge in [-0.05, 0) is 57.3 Å². The zero-order chi connectivity index (χ0) is 23.1. The van der Waals surface area contributed by atoms with Gasteiger partial charge in [0.1, 0.15) is 12.1 Å². The van der Waals surface area contributed by atoms with Crippen LogP contribution in [0.15, 0.2) is 30.3 Å². The number of carbonyl (C=O) groups excluding carboxylic acids is 2. The largest absolute Gasteiger partial charge is 0.465 e. The van der Waals surface area contributed by atoms with Crippen molar-refractivity contribution in [3.05, 3.63) is 35.9 Å². The Balaban J connectivity index is 1.74. The zero-order valence-corrected chi connectivity index (χ0v) is 19.7. The van der Waals surface area contributed by atoms with E-state index < -0.39 is 24.2 Å². The molecule has 176 valence electrons. The molecule has 8 heteroatoms. The Morgan fingerprint density at radius 3 is 2.66 bits per heavy atom. The van der Waals surface area contributed by atoms with Gasteiger partial charge >= 0.3 is 12.1 Å². The molecule has 2 unspecified atom stereocenters. The van der Waals surface area contributed by atoms with Crippen LogP contribution in [-0.4, -0.2) is 70.6 Å². The molecular formula is C24H34N2O5S. The van der Waals surface area contributed by atoms with Crippen LogP contribution in [0.4, 0.5) is 4.79 Å². The second kappa shape index (κ2) is 11.2. The third-order valence-corrected chi connectivity index (χ3v) is 7.98. The van der Waals surface area contributed by atoms with Gasteiger partial charge in [-0.15, -0.1) is 0 Å². The maximum atomic E-state index is 13.6.